The van der Waals surface area contributed by atoms with E-state index in [1.54, 1.807) is 18.2 Å². The van der Waals surface area contributed by atoms with E-state index >= 15 is 0 Å². The number of hydrogen-bond acceptors (Lipinski definition) is 3. The first kappa shape index (κ1) is 19.6. The molecule has 1 N–H and O–H groups in total. The maximum atomic E-state index is 12.4. The first-order valence-corrected chi connectivity index (χ1v) is 8.72. The van der Waals surface area contributed by atoms with Gasteiger partial charge in [-0.1, -0.05) is 48.0 Å². The van der Waals surface area contributed by atoms with E-state index < -0.39 is 5.91 Å². The fourth-order valence-electron chi connectivity index (χ4n) is 2.37. The standard InChI is InChI=1S/C21H21ClN2O2/c1-14(2)26-20-10-9-16(12-19(20)22)11-18(13-23)21(25)24-15(3)17-7-5-4-6-8-17/h4-12,14-15H,1-3H3,(H,24,25)/b18-11-/t15-/m1/s1. The summed E-state index contributed by atoms with van der Waals surface area (Å²) >= 11 is 6.21. The molecule has 0 radical (unpaired) electrons. The van der Waals surface area contributed by atoms with Gasteiger partial charge in [0.2, 0.25) is 0 Å². The molecule has 0 saturated carbocycles. The van der Waals surface area contributed by atoms with Crippen LogP contribution in [0.2, 0.25) is 5.02 Å². The molecular weight excluding hydrogens is 348 g/mol. The number of hydrogen-bond donors (Lipinski definition) is 1. The average molecular weight is 369 g/mol. The Morgan fingerprint density at radius 3 is 2.46 bits per heavy atom. The van der Waals surface area contributed by atoms with E-state index in [4.69, 9.17) is 16.3 Å². The molecule has 0 fully saturated rings. The molecule has 2 aromatic carbocycles. The van der Waals surface area contributed by atoms with Crippen LogP contribution in [-0.2, 0) is 4.79 Å². The molecule has 134 valence electrons. The molecule has 0 saturated heterocycles. The lowest BCUT2D eigenvalue weighted by molar-refractivity contribution is -0.117. The minimum atomic E-state index is -0.428. The molecule has 0 heterocycles. The van der Waals surface area contributed by atoms with Crippen LogP contribution in [0.1, 0.15) is 37.9 Å². The summed E-state index contributed by atoms with van der Waals surface area (Å²) in [4.78, 5) is 12.4. The van der Waals surface area contributed by atoms with Crippen LogP contribution in [0.15, 0.2) is 54.1 Å². The lowest BCUT2D eigenvalue weighted by Gasteiger charge is -2.14. The number of nitrogens with zero attached hydrogens (tertiary/aromatic N) is 1. The highest BCUT2D eigenvalue weighted by Gasteiger charge is 2.14. The number of nitriles is 1. The molecule has 1 atom stereocenters. The van der Waals surface area contributed by atoms with Gasteiger partial charge in [-0.3, -0.25) is 4.79 Å². The third-order valence-electron chi connectivity index (χ3n) is 3.64. The summed E-state index contributed by atoms with van der Waals surface area (Å²) in [6, 6.07) is 16.5. The smallest absolute Gasteiger partial charge is 0.262 e. The highest BCUT2D eigenvalue weighted by Crippen LogP contribution is 2.27. The number of carbonyl (C=O) groups excluding carboxylic acids is 1. The van der Waals surface area contributed by atoms with Crippen molar-refractivity contribution < 1.29 is 9.53 Å². The predicted molar refractivity (Wildman–Crippen MR) is 104 cm³/mol. The van der Waals surface area contributed by atoms with Gasteiger partial charge in [0.25, 0.3) is 5.91 Å². The van der Waals surface area contributed by atoms with Crippen LogP contribution in [0.3, 0.4) is 0 Å². The highest BCUT2D eigenvalue weighted by atomic mass is 35.5. The zero-order chi connectivity index (χ0) is 19.1. The van der Waals surface area contributed by atoms with Crippen LogP contribution in [0.25, 0.3) is 6.08 Å². The number of benzene rings is 2. The highest BCUT2D eigenvalue weighted by molar-refractivity contribution is 6.32. The van der Waals surface area contributed by atoms with E-state index in [0.717, 1.165) is 5.56 Å². The average Bonchev–Trinajstić information content (AvgIpc) is 2.62. The lowest BCUT2D eigenvalue weighted by Crippen LogP contribution is -2.27. The summed E-state index contributed by atoms with van der Waals surface area (Å²) < 4.78 is 5.58. The minimum absolute atomic E-state index is 0.00816. The summed E-state index contributed by atoms with van der Waals surface area (Å²) in [7, 11) is 0. The van der Waals surface area contributed by atoms with Crippen molar-refractivity contribution in [1.29, 1.82) is 5.26 Å². The van der Waals surface area contributed by atoms with Crippen molar-refractivity contribution in [2.24, 2.45) is 0 Å². The number of nitrogens with one attached hydrogen (secondary N) is 1. The van der Waals surface area contributed by atoms with Gasteiger partial charge in [-0.15, -0.1) is 0 Å². The summed E-state index contributed by atoms with van der Waals surface area (Å²) in [5.41, 5.74) is 1.64. The van der Waals surface area contributed by atoms with Crippen LogP contribution in [-0.4, -0.2) is 12.0 Å². The van der Waals surface area contributed by atoms with E-state index in [1.165, 1.54) is 6.08 Å². The van der Waals surface area contributed by atoms with Crippen LogP contribution in [0.5, 0.6) is 5.75 Å². The van der Waals surface area contributed by atoms with Crippen molar-refractivity contribution in [3.8, 4) is 11.8 Å². The molecule has 0 spiro atoms. The van der Waals surface area contributed by atoms with E-state index in [2.05, 4.69) is 5.32 Å². The fraction of sp³-hybridized carbons (Fsp3) is 0.238. The first-order valence-electron chi connectivity index (χ1n) is 8.34. The molecule has 5 heteroatoms. The first-order chi connectivity index (χ1) is 12.4. The maximum absolute atomic E-state index is 12.4. The predicted octanol–water partition coefficient (Wildman–Crippen LogP) is 4.91. The molecule has 0 aliphatic heterocycles. The second-order valence-corrected chi connectivity index (χ2v) is 6.54. The third-order valence-corrected chi connectivity index (χ3v) is 3.94. The molecular formula is C21H21ClN2O2. The Balaban J connectivity index is 2.15. The van der Waals surface area contributed by atoms with E-state index in [0.29, 0.717) is 16.3 Å². The normalized spacial score (nSPS) is 12.4. The van der Waals surface area contributed by atoms with Crippen molar-refractivity contribution in [1.82, 2.24) is 5.32 Å². The van der Waals surface area contributed by atoms with Gasteiger partial charge >= 0.3 is 0 Å². The maximum Gasteiger partial charge on any atom is 0.262 e. The van der Waals surface area contributed by atoms with Gasteiger partial charge in [-0.2, -0.15) is 5.26 Å². The topological polar surface area (TPSA) is 62.1 Å². The van der Waals surface area contributed by atoms with E-state index in [-0.39, 0.29) is 17.7 Å². The molecule has 0 bridgehead atoms. The van der Waals surface area contributed by atoms with Crippen molar-refractivity contribution in [3.63, 3.8) is 0 Å². The van der Waals surface area contributed by atoms with Gasteiger partial charge in [0.15, 0.2) is 0 Å². The second kappa shape index (κ2) is 9.07. The van der Waals surface area contributed by atoms with Crippen LogP contribution in [0, 0.1) is 11.3 Å². The Kier molecular flexibility index (Phi) is 6.82. The summed E-state index contributed by atoms with van der Waals surface area (Å²) in [5, 5.41) is 12.6. The van der Waals surface area contributed by atoms with Gasteiger partial charge < -0.3 is 10.1 Å². The van der Waals surface area contributed by atoms with E-state index in [1.807, 2.05) is 57.2 Å². The second-order valence-electron chi connectivity index (χ2n) is 6.13. The Bertz CT molecular complexity index is 839. The quantitative estimate of drug-likeness (QED) is 0.582. The molecule has 26 heavy (non-hydrogen) atoms. The number of rotatable bonds is 6. The zero-order valence-corrected chi connectivity index (χ0v) is 15.7. The molecule has 1 amide bonds. The van der Waals surface area contributed by atoms with Crippen molar-refractivity contribution in [3.05, 3.63) is 70.3 Å². The SMILES string of the molecule is CC(C)Oc1ccc(/C=C(/C#N)C(=O)N[C@H](C)c2ccccc2)cc1Cl. The molecule has 0 unspecified atom stereocenters. The summed E-state index contributed by atoms with van der Waals surface area (Å²) in [6.45, 7) is 5.70. The number of carbonyl (C=O) groups is 1. The van der Waals surface area contributed by atoms with Gasteiger partial charge in [-0.25, -0.2) is 0 Å². The number of ether oxygens (including phenoxy) is 1. The van der Waals surface area contributed by atoms with Crippen molar-refractivity contribution >= 4 is 23.6 Å². The zero-order valence-electron chi connectivity index (χ0n) is 15.0. The van der Waals surface area contributed by atoms with Crippen molar-refractivity contribution in [2.45, 2.75) is 32.9 Å². The Morgan fingerprint density at radius 2 is 1.88 bits per heavy atom. The third kappa shape index (κ3) is 5.37. The van der Waals surface area contributed by atoms with Crippen LogP contribution in [0.4, 0.5) is 0 Å². The monoisotopic (exact) mass is 368 g/mol. The molecule has 0 aliphatic carbocycles. The molecule has 0 aromatic heterocycles. The number of halogens is 1. The van der Waals surface area contributed by atoms with Gasteiger partial charge in [0, 0.05) is 0 Å². The lowest BCUT2D eigenvalue weighted by atomic mass is 10.1. The van der Waals surface area contributed by atoms with Crippen LogP contribution >= 0.6 is 11.6 Å². The molecule has 2 rings (SSSR count). The Hall–Kier alpha value is -2.77. The Morgan fingerprint density at radius 1 is 1.19 bits per heavy atom. The van der Waals surface area contributed by atoms with Gasteiger partial charge in [-0.05, 0) is 50.1 Å². The number of amides is 1. The Labute approximate surface area is 159 Å². The van der Waals surface area contributed by atoms with Crippen molar-refractivity contribution in [2.75, 3.05) is 0 Å². The largest absolute Gasteiger partial charge is 0.489 e. The molecule has 0 aliphatic rings. The van der Waals surface area contributed by atoms with E-state index in [9.17, 15) is 10.1 Å². The van der Waals surface area contributed by atoms with Gasteiger partial charge in [0.05, 0.1) is 17.2 Å². The van der Waals surface area contributed by atoms with Gasteiger partial charge in [0.1, 0.15) is 17.4 Å². The molecule has 2 aromatic rings. The summed E-state index contributed by atoms with van der Waals surface area (Å²) in [5.74, 6) is 0.141. The molecule has 4 nitrogen and oxygen atoms in total. The minimum Gasteiger partial charge on any atom is -0.489 e. The van der Waals surface area contributed by atoms with Crippen LogP contribution < -0.4 is 10.1 Å². The summed E-state index contributed by atoms with van der Waals surface area (Å²) in [6.07, 6.45) is 1.52. The fourth-order valence-corrected chi connectivity index (χ4v) is 2.60.